The van der Waals surface area contributed by atoms with E-state index in [1.54, 1.807) is 62.4 Å². The molecule has 4 aromatic rings. The molecule has 0 unspecified atom stereocenters. The Morgan fingerprint density at radius 2 is 1.71 bits per heavy atom. The number of rotatable bonds is 7. The average molecular weight is 481 g/mol. The second-order valence-electron chi connectivity index (χ2n) is 8.13. The van der Waals surface area contributed by atoms with Crippen LogP contribution < -0.4 is 5.32 Å². The van der Waals surface area contributed by atoms with E-state index >= 15 is 0 Å². The zero-order chi connectivity index (χ0) is 25.2. The largest absolute Gasteiger partial charge is 0.480 e. The standard InChI is InChI=1S/C26H22F3N3O3/c1-15-5-3-4-6-20(15)21-12-11-19(13-22(21)26(27,28)29)24-31-23(32-35-24)18-9-7-17(8-10-18)14-30-16(2)25(33)34/h3-13,16,30H,14H2,1-2H3,(H,33,34)/t16-/m1/s1. The first-order valence-corrected chi connectivity index (χ1v) is 10.8. The van der Waals surface area contributed by atoms with Gasteiger partial charge in [0.1, 0.15) is 6.04 Å². The van der Waals surface area contributed by atoms with Crippen molar-refractivity contribution in [1.82, 2.24) is 15.5 Å². The lowest BCUT2D eigenvalue weighted by Gasteiger charge is -2.15. The number of halogens is 3. The summed E-state index contributed by atoms with van der Waals surface area (Å²) in [5, 5.41) is 15.7. The minimum Gasteiger partial charge on any atom is -0.480 e. The molecule has 3 aromatic carbocycles. The van der Waals surface area contributed by atoms with Crippen molar-refractivity contribution in [3.05, 3.63) is 83.4 Å². The van der Waals surface area contributed by atoms with Gasteiger partial charge in [0, 0.05) is 17.7 Å². The van der Waals surface area contributed by atoms with Crippen LogP contribution in [0.2, 0.25) is 0 Å². The minimum absolute atomic E-state index is 0.0251. The van der Waals surface area contributed by atoms with Crippen molar-refractivity contribution < 1.29 is 27.6 Å². The first-order chi connectivity index (χ1) is 16.6. The van der Waals surface area contributed by atoms with Gasteiger partial charge in [0.25, 0.3) is 5.89 Å². The molecule has 0 saturated heterocycles. The highest BCUT2D eigenvalue weighted by Crippen LogP contribution is 2.40. The highest BCUT2D eigenvalue weighted by molar-refractivity contribution is 5.75. The molecule has 0 aliphatic carbocycles. The van der Waals surface area contributed by atoms with Gasteiger partial charge in [0.05, 0.1) is 5.56 Å². The maximum absolute atomic E-state index is 13.9. The molecule has 2 N–H and O–H groups in total. The maximum Gasteiger partial charge on any atom is 0.417 e. The molecule has 35 heavy (non-hydrogen) atoms. The van der Waals surface area contributed by atoms with Crippen molar-refractivity contribution in [2.75, 3.05) is 0 Å². The topological polar surface area (TPSA) is 88.2 Å². The van der Waals surface area contributed by atoms with Crippen LogP contribution in [0.4, 0.5) is 13.2 Å². The molecule has 0 spiro atoms. The Hall–Kier alpha value is -3.98. The summed E-state index contributed by atoms with van der Waals surface area (Å²) in [6, 6.07) is 17.2. The monoisotopic (exact) mass is 481 g/mol. The molecule has 0 aliphatic rings. The van der Waals surface area contributed by atoms with E-state index in [-0.39, 0.29) is 22.8 Å². The molecule has 0 radical (unpaired) electrons. The predicted molar refractivity (Wildman–Crippen MR) is 124 cm³/mol. The number of benzene rings is 3. The third-order valence-corrected chi connectivity index (χ3v) is 5.63. The molecule has 180 valence electrons. The van der Waals surface area contributed by atoms with Gasteiger partial charge in [0.15, 0.2) is 0 Å². The van der Waals surface area contributed by atoms with Gasteiger partial charge in [-0.25, -0.2) is 0 Å². The lowest BCUT2D eigenvalue weighted by atomic mass is 9.94. The van der Waals surface area contributed by atoms with E-state index in [1.165, 1.54) is 12.1 Å². The highest BCUT2D eigenvalue weighted by atomic mass is 19.4. The third-order valence-electron chi connectivity index (χ3n) is 5.63. The molecule has 1 heterocycles. The Balaban J connectivity index is 1.60. The predicted octanol–water partition coefficient (Wildman–Crippen LogP) is 5.96. The van der Waals surface area contributed by atoms with Crippen LogP contribution >= 0.6 is 0 Å². The molecule has 1 atom stereocenters. The molecule has 1 aromatic heterocycles. The van der Waals surface area contributed by atoms with E-state index in [4.69, 9.17) is 9.63 Å². The van der Waals surface area contributed by atoms with Crippen LogP contribution in [0.25, 0.3) is 34.0 Å². The number of aromatic nitrogens is 2. The number of hydrogen-bond donors (Lipinski definition) is 2. The van der Waals surface area contributed by atoms with Crippen molar-refractivity contribution >= 4 is 5.97 Å². The highest BCUT2D eigenvalue weighted by Gasteiger charge is 2.34. The average Bonchev–Trinajstić information content (AvgIpc) is 3.32. The fourth-order valence-electron chi connectivity index (χ4n) is 3.61. The summed E-state index contributed by atoms with van der Waals surface area (Å²) in [6.45, 7) is 3.68. The van der Waals surface area contributed by atoms with Crippen molar-refractivity contribution in [3.8, 4) is 34.0 Å². The van der Waals surface area contributed by atoms with E-state index < -0.39 is 23.8 Å². The van der Waals surface area contributed by atoms with Crippen molar-refractivity contribution in [2.24, 2.45) is 0 Å². The number of carboxylic acid groups (broad SMARTS) is 1. The van der Waals surface area contributed by atoms with Gasteiger partial charge in [-0.2, -0.15) is 18.2 Å². The molecule has 0 amide bonds. The second-order valence-corrected chi connectivity index (χ2v) is 8.13. The summed E-state index contributed by atoms with van der Waals surface area (Å²) in [6.07, 6.45) is -4.57. The SMILES string of the molecule is Cc1ccccc1-c1ccc(-c2nc(-c3ccc(CN[C@H](C)C(=O)O)cc3)no2)cc1C(F)(F)F. The Labute approximate surface area is 199 Å². The molecule has 9 heteroatoms. The number of alkyl halides is 3. The molecular formula is C26H22F3N3O3. The van der Waals surface area contributed by atoms with Crippen LogP contribution in [0.3, 0.4) is 0 Å². The summed E-state index contributed by atoms with van der Waals surface area (Å²) in [5.41, 5.74) is 2.18. The van der Waals surface area contributed by atoms with Gasteiger partial charge >= 0.3 is 12.1 Å². The normalized spacial score (nSPS) is 12.5. The number of aliphatic carboxylic acids is 1. The van der Waals surface area contributed by atoms with Gasteiger partial charge in [-0.1, -0.05) is 59.8 Å². The fourth-order valence-corrected chi connectivity index (χ4v) is 3.61. The van der Waals surface area contributed by atoms with Crippen LogP contribution in [0.15, 0.2) is 71.3 Å². The summed E-state index contributed by atoms with van der Waals surface area (Å²) in [7, 11) is 0. The zero-order valence-electron chi connectivity index (χ0n) is 18.9. The number of nitrogens with zero attached hydrogens (tertiary/aromatic N) is 2. The minimum atomic E-state index is -4.57. The first-order valence-electron chi connectivity index (χ1n) is 10.8. The van der Waals surface area contributed by atoms with Gasteiger partial charge in [-0.3, -0.25) is 4.79 Å². The molecular weight excluding hydrogens is 459 g/mol. The molecule has 0 aliphatic heterocycles. The van der Waals surface area contributed by atoms with E-state index in [2.05, 4.69) is 15.5 Å². The maximum atomic E-state index is 13.9. The van der Waals surface area contributed by atoms with Crippen LogP contribution in [-0.2, 0) is 17.5 Å². The fraction of sp³-hybridized carbons (Fsp3) is 0.192. The van der Waals surface area contributed by atoms with Gasteiger partial charge in [-0.15, -0.1) is 0 Å². The molecule has 0 saturated carbocycles. The number of carbonyl (C=O) groups is 1. The van der Waals surface area contributed by atoms with Crippen LogP contribution in [-0.4, -0.2) is 27.3 Å². The summed E-state index contributed by atoms with van der Waals surface area (Å²) in [4.78, 5) is 15.2. The Bertz CT molecular complexity index is 1350. The van der Waals surface area contributed by atoms with Gasteiger partial charge < -0.3 is 14.9 Å². The number of nitrogens with one attached hydrogen (secondary N) is 1. The second kappa shape index (κ2) is 9.71. The quantitative estimate of drug-likeness (QED) is 0.339. The van der Waals surface area contributed by atoms with E-state index in [0.717, 1.165) is 17.2 Å². The third kappa shape index (κ3) is 5.41. The molecule has 0 bridgehead atoms. The molecule has 0 fully saturated rings. The van der Waals surface area contributed by atoms with Crippen LogP contribution in [0.1, 0.15) is 23.6 Å². The number of carboxylic acids is 1. The lowest BCUT2D eigenvalue weighted by molar-refractivity contribution is -0.139. The van der Waals surface area contributed by atoms with Crippen LogP contribution in [0.5, 0.6) is 0 Å². The summed E-state index contributed by atoms with van der Waals surface area (Å²) < 4.78 is 47.0. The summed E-state index contributed by atoms with van der Waals surface area (Å²) in [5.74, 6) is -0.737. The lowest BCUT2D eigenvalue weighted by Crippen LogP contribution is -2.33. The Morgan fingerprint density at radius 3 is 2.37 bits per heavy atom. The van der Waals surface area contributed by atoms with E-state index in [0.29, 0.717) is 17.7 Å². The molecule has 6 nitrogen and oxygen atoms in total. The zero-order valence-corrected chi connectivity index (χ0v) is 18.9. The van der Waals surface area contributed by atoms with Gasteiger partial charge in [0.2, 0.25) is 5.82 Å². The van der Waals surface area contributed by atoms with Gasteiger partial charge in [-0.05, 0) is 48.2 Å². The van der Waals surface area contributed by atoms with E-state index in [1.807, 2.05) is 0 Å². The Morgan fingerprint density at radius 1 is 1.03 bits per heavy atom. The number of hydrogen-bond acceptors (Lipinski definition) is 5. The smallest absolute Gasteiger partial charge is 0.417 e. The number of aryl methyl sites for hydroxylation is 1. The van der Waals surface area contributed by atoms with E-state index in [9.17, 15) is 18.0 Å². The first kappa shape index (κ1) is 24.2. The molecule has 4 rings (SSSR count). The summed E-state index contributed by atoms with van der Waals surface area (Å²) >= 11 is 0. The van der Waals surface area contributed by atoms with Crippen LogP contribution in [0, 0.1) is 6.92 Å². The van der Waals surface area contributed by atoms with Crippen molar-refractivity contribution in [2.45, 2.75) is 32.6 Å². The van der Waals surface area contributed by atoms with Crippen molar-refractivity contribution in [1.29, 1.82) is 0 Å². The Kier molecular flexibility index (Phi) is 6.70. The van der Waals surface area contributed by atoms with Crippen molar-refractivity contribution in [3.63, 3.8) is 0 Å².